The summed E-state index contributed by atoms with van der Waals surface area (Å²) in [5.74, 6) is 0.188. The Morgan fingerprint density at radius 2 is 2.23 bits per heavy atom. The van der Waals surface area contributed by atoms with Gasteiger partial charge in [0.05, 0.1) is 5.69 Å². The zero-order valence-electron chi connectivity index (χ0n) is 12.2. The molecule has 0 unspecified atom stereocenters. The third-order valence-electron chi connectivity index (χ3n) is 4.76. The Morgan fingerprint density at radius 3 is 2.95 bits per heavy atom. The minimum absolute atomic E-state index is 0.0907. The fourth-order valence-electron chi connectivity index (χ4n) is 3.66. The Hall–Kier alpha value is -2.21. The van der Waals surface area contributed by atoms with Crippen LogP contribution in [0.2, 0.25) is 0 Å². The highest BCUT2D eigenvalue weighted by Crippen LogP contribution is 2.47. The van der Waals surface area contributed by atoms with E-state index in [-0.39, 0.29) is 17.1 Å². The van der Waals surface area contributed by atoms with Crippen molar-refractivity contribution in [3.63, 3.8) is 0 Å². The fraction of sp³-hybridized carbons (Fsp3) is 0.438. The highest BCUT2D eigenvalue weighted by molar-refractivity contribution is 5.92. The molecule has 4 rings (SSSR count). The molecule has 114 valence electrons. The standard InChI is InChI=1S/C16H18N4O2/c17-11-8-16(9-11)4-6-20(10-16)15(21)14-7-13(19-22-14)12-3-1-2-5-18-12/h1-3,5,7,11H,4,6,8-10,17H2. The number of nitrogens with zero attached hydrogens (tertiary/aromatic N) is 3. The van der Waals surface area contributed by atoms with Crippen LogP contribution in [0.25, 0.3) is 11.4 Å². The van der Waals surface area contributed by atoms with Crippen molar-refractivity contribution < 1.29 is 9.32 Å². The lowest BCUT2D eigenvalue weighted by molar-refractivity contribution is 0.0666. The van der Waals surface area contributed by atoms with E-state index in [9.17, 15) is 4.79 Å². The summed E-state index contributed by atoms with van der Waals surface area (Å²) in [4.78, 5) is 18.6. The molecule has 2 fully saturated rings. The zero-order valence-corrected chi connectivity index (χ0v) is 12.2. The van der Waals surface area contributed by atoms with Crippen molar-refractivity contribution in [1.29, 1.82) is 0 Å². The molecule has 1 saturated carbocycles. The first-order valence-corrected chi connectivity index (χ1v) is 7.58. The molecular formula is C16H18N4O2. The number of likely N-dealkylation sites (tertiary alicyclic amines) is 1. The third kappa shape index (κ3) is 2.20. The number of pyridine rings is 1. The molecule has 1 spiro atoms. The Kier molecular flexibility index (Phi) is 3.00. The molecule has 6 nitrogen and oxygen atoms in total. The van der Waals surface area contributed by atoms with Gasteiger partial charge in [-0.1, -0.05) is 11.2 Å². The van der Waals surface area contributed by atoms with E-state index in [1.165, 1.54) is 0 Å². The molecule has 0 aromatic carbocycles. The normalized spacial score (nSPS) is 27.1. The molecule has 1 aliphatic heterocycles. The third-order valence-corrected chi connectivity index (χ3v) is 4.76. The van der Waals surface area contributed by atoms with Crippen LogP contribution >= 0.6 is 0 Å². The smallest absolute Gasteiger partial charge is 0.292 e. The topological polar surface area (TPSA) is 85.2 Å². The fourth-order valence-corrected chi connectivity index (χ4v) is 3.66. The summed E-state index contributed by atoms with van der Waals surface area (Å²) in [6.07, 6.45) is 4.77. The molecule has 6 heteroatoms. The first kappa shape index (κ1) is 13.5. The first-order valence-electron chi connectivity index (χ1n) is 7.58. The molecule has 0 radical (unpaired) electrons. The molecule has 1 amide bonds. The molecule has 1 aliphatic carbocycles. The van der Waals surface area contributed by atoms with Crippen LogP contribution in [0.5, 0.6) is 0 Å². The SMILES string of the molecule is NC1CC2(CCN(C(=O)c3cc(-c4ccccn4)no3)C2)C1. The van der Waals surface area contributed by atoms with E-state index >= 15 is 0 Å². The Morgan fingerprint density at radius 1 is 1.36 bits per heavy atom. The maximum atomic E-state index is 12.5. The maximum Gasteiger partial charge on any atom is 0.292 e. The number of hydrogen-bond acceptors (Lipinski definition) is 5. The van der Waals surface area contributed by atoms with Gasteiger partial charge in [-0.3, -0.25) is 9.78 Å². The monoisotopic (exact) mass is 298 g/mol. The Bertz CT molecular complexity index is 691. The average molecular weight is 298 g/mol. The quantitative estimate of drug-likeness (QED) is 0.912. The second kappa shape index (κ2) is 4.91. The number of amides is 1. The predicted octanol–water partition coefficient (Wildman–Crippen LogP) is 1.69. The van der Waals surface area contributed by atoms with E-state index in [1.54, 1.807) is 12.3 Å². The number of nitrogens with two attached hydrogens (primary N) is 1. The van der Waals surface area contributed by atoms with Crippen LogP contribution < -0.4 is 5.73 Å². The largest absolute Gasteiger partial charge is 0.350 e. The zero-order chi connectivity index (χ0) is 15.2. The van der Waals surface area contributed by atoms with Crippen LogP contribution in [-0.4, -0.2) is 40.1 Å². The number of rotatable bonds is 2. The van der Waals surface area contributed by atoms with Crippen LogP contribution in [0, 0.1) is 5.41 Å². The number of hydrogen-bond donors (Lipinski definition) is 1. The summed E-state index contributed by atoms with van der Waals surface area (Å²) in [5, 5.41) is 3.96. The van der Waals surface area contributed by atoms with Crippen molar-refractivity contribution in [1.82, 2.24) is 15.0 Å². The maximum absolute atomic E-state index is 12.5. The number of aromatic nitrogens is 2. The van der Waals surface area contributed by atoms with Crippen molar-refractivity contribution in [3.8, 4) is 11.4 Å². The van der Waals surface area contributed by atoms with Gasteiger partial charge >= 0.3 is 0 Å². The lowest BCUT2D eigenvalue weighted by Crippen LogP contribution is -2.48. The summed E-state index contributed by atoms with van der Waals surface area (Å²) in [7, 11) is 0. The van der Waals surface area contributed by atoms with Gasteiger partial charge in [0.25, 0.3) is 5.91 Å². The molecule has 2 aromatic heterocycles. The van der Waals surface area contributed by atoms with Gasteiger partial charge in [0.2, 0.25) is 5.76 Å². The van der Waals surface area contributed by atoms with Crippen molar-refractivity contribution in [2.24, 2.45) is 11.1 Å². The molecule has 0 bridgehead atoms. The molecular weight excluding hydrogens is 280 g/mol. The first-order chi connectivity index (χ1) is 10.7. The van der Waals surface area contributed by atoms with Gasteiger partial charge in [0, 0.05) is 31.4 Å². The van der Waals surface area contributed by atoms with Gasteiger partial charge in [-0.25, -0.2) is 0 Å². The summed E-state index contributed by atoms with van der Waals surface area (Å²) < 4.78 is 5.23. The van der Waals surface area contributed by atoms with Crippen LogP contribution in [-0.2, 0) is 0 Å². The van der Waals surface area contributed by atoms with Crippen molar-refractivity contribution in [2.45, 2.75) is 25.3 Å². The lowest BCUT2D eigenvalue weighted by Gasteiger charge is -2.43. The van der Waals surface area contributed by atoms with E-state index in [1.807, 2.05) is 23.1 Å². The average Bonchev–Trinajstić information content (AvgIpc) is 3.14. The highest BCUT2D eigenvalue weighted by atomic mass is 16.5. The second-order valence-electron chi connectivity index (χ2n) is 6.44. The van der Waals surface area contributed by atoms with Gasteiger partial charge in [-0.05, 0) is 36.8 Å². The summed E-state index contributed by atoms with van der Waals surface area (Å²) in [5.41, 5.74) is 7.43. The van der Waals surface area contributed by atoms with Crippen LogP contribution in [0.1, 0.15) is 29.8 Å². The van der Waals surface area contributed by atoms with E-state index in [2.05, 4.69) is 10.1 Å². The van der Waals surface area contributed by atoms with E-state index < -0.39 is 0 Å². The van der Waals surface area contributed by atoms with Crippen LogP contribution in [0.4, 0.5) is 0 Å². The van der Waals surface area contributed by atoms with Crippen LogP contribution in [0.15, 0.2) is 35.0 Å². The molecule has 22 heavy (non-hydrogen) atoms. The van der Waals surface area contributed by atoms with Gasteiger partial charge in [0.15, 0.2) is 0 Å². The molecule has 2 aliphatic rings. The van der Waals surface area contributed by atoms with E-state index in [0.29, 0.717) is 17.4 Å². The van der Waals surface area contributed by atoms with Crippen molar-refractivity contribution in [2.75, 3.05) is 13.1 Å². The summed E-state index contributed by atoms with van der Waals surface area (Å²) in [6, 6.07) is 7.52. The summed E-state index contributed by atoms with van der Waals surface area (Å²) in [6.45, 7) is 1.55. The van der Waals surface area contributed by atoms with Crippen LogP contribution in [0.3, 0.4) is 0 Å². The molecule has 3 heterocycles. The summed E-state index contributed by atoms with van der Waals surface area (Å²) >= 11 is 0. The molecule has 2 N–H and O–H groups in total. The Balaban J connectivity index is 1.49. The van der Waals surface area contributed by atoms with Crippen molar-refractivity contribution >= 4 is 5.91 Å². The minimum atomic E-state index is -0.0907. The molecule has 1 saturated heterocycles. The van der Waals surface area contributed by atoms with Gasteiger partial charge in [-0.2, -0.15) is 0 Å². The number of carbonyl (C=O) groups is 1. The highest BCUT2D eigenvalue weighted by Gasteiger charge is 2.48. The van der Waals surface area contributed by atoms with Gasteiger partial charge in [0.1, 0.15) is 5.69 Å². The molecule has 0 atom stereocenters. The minimum Gasteiger partial charge on any atom is -0.350 e. The van der Waals surface area contributed by atoms with E-state index in [4.69, 9.17) is 10.3 Å². The van der Waals surface area contributed by atoms with Gasteiger partial charge in [-0.15, -0.1) is 0 Å². The van der Waals surface area contributed by atoms with E-state index in [0.717, 1.165) is 32.4 Å². The lowest BCUT2D eigenvalue weighted by atomic mass is 9.65. The van der Waals surface area contributed by atoms with Gasteiger partial charge < -0.3 is 15.2 Å². The second-order valence-corrected chi connectivity index (χ2v) is 6.44. The van der Waals surface area contributed by atoms with Crippen molar-refractivity contribution in [3.05, 3.63) is 36.2 Å². The number of carbonyl (C=O) groups excluding carboxylic acids is 1. The predicted molar refractivity (Wildman–Crippen MR) is 79.9 cm³/mol. The molecule has 2 aromatic rings. The Labute approximate surface area is 128 Å².